The number of rotatable bonds is 5. The van der Waals surface area contributed by atoms with Gasteiger partial charge in [0.05, 0.1) is 25.3 Å². The average Bonchev–Trinajstić information content (AvgIpc) is 3.22. The molecule has 1 fully saturated rings. The Hall–Kier alpha value is -4.18. The van der Waals surface area contributed by atoms with Gasteiger partial charge in [0.25, 0.3) is 0 Å². The van der Waals surface area contributed by atoms with Gasteiger partial charge in [0.1, 0.15) is 11.6 Å². The highest BCUT2D eigenvalue weighted by molar-refractivity contribution is 5.99. The standard InChI is InChI=1S/C23H21N5O5/c29-21-14-18-22(33-21)19(6-8-24-18)32-17-3-1-15(2-4-17)26-23(30)27-16-5-7-25-20(13-16)28-9-11-31-12-10-28/h1-8,13H,9-12,14H2,(H2,25,26,27,30). The zero-order valence-electron chi connectivity index (χ0n) is 17.6. The predicted molar refractivity (Wildman–Crippen MR) is 120 cm³/mol. The fourth-order valence-electron chi connectivity index (χ4n) is 3.56. The number of hydrogen-bond acceptors (Lipinski definition) is 8. The summed E-state index contributed by atoms with van der Waals surface area (Å²) < 4.78 is 16.4. The number of morpholine rings is 1. The zero-order chi connectivity index (χ0) is 22.6. The van der Waals surface area contributed by atoms with Gasteiger partial charge in [-0.2, -0.15) is 0 Å². The summed E-state index contributed by atoms with van der Waals surface area (Å²) in [7, 11) is 0. The van der Waals surface area contributed by atoms with Gasteiger partial charge >= 0.3 is 12.0 Å². The Bertz CT molecular complexity index is 1180. The molecule has 0 bridgehead atoms. The summed E-state index contributed by atoms with van der Waals surface area (Å²) in [6.07, 6.45) is 3.37. The van der Waals surface area contributed by atoms with Crippen LogP contribution in [0.5, 0.6) is 17.2 Å². The highest BCUT2D eigenvalue weighted by atomic mass is 16.6. The Kier molecular flexibility index (Phi) is 5.73. The fraction of sp³-hybridized carbons (Fsp3) is 0.217. The smallest absolute Gasteiger partial charge is 0.323 e. The van der Waals surface area contributed by atoms with Crippen LogP contribution < -0.4 is 25.0 Å². The Balaban J connectivity index is 1.19. The van der Waals surface area contributed by atoms with E-state index < -0.39 is 0 Å². The molecule has 10 nitrogen and oxygen atoms in total. The molecule has 5 rings (SSSR count). The van der Waals surface area contributed by atoms with Crippen LogP contribution in [0, 0.1) is 0 Å². The summed E-state index contributed by atoms with van der Waals surface area (Å²) in [5.41, 5.74) is 1.79. The summed E-state index contributed by atoms with van der Waals surface area (Å²) in [5, 5.41) is 5.61. The third-order valence-corrected chi connectivity index (χ3v) is 5.15. The van der Waals surface area contributed by atoms with Gasteiger partial charge in [-0.05, 0) is 30.3 Å². The second-order valence-electron chi connectivity index (χ2n) is 7.44. The van der Waals surface area contributed by atoms with Crippen molar-refractivity contribution >= 4 is 29.2 Å². The second-order valence-corrected chi connectivity index (χ2v) is 7.44. The van der Waals surface area contributed by atoms with E-state index in [1.807, 2.05) is 6.07 Å². The average molecular weight is 447 g/mol. The highest BCUT2D eigenvalue weighted by Gasteiger charge is 2.25. The van der Waals surface area contributed by atoms with Gasteiger partial charge in [0.15, 0.2) is 11.5 Å². The molecule has 2 N–H and O–H groups in total. The molecule has 1 aromatic carbocycles. The Morgan fingerprint density at radius 3 is 2.55 bits per heavy atom. The molecule has 0 unspecified atom stereocenters. The molecular weight excluding hydrogens is 426 g/mol. The van der Waals surface area contributed by atoms with Gasteiger partial charge in [-0.25, -0.2) is 9.78 Å². The van der Waals surface area contributed by atoms with E-state index in [1.54, 1.807) is 48.8 Å². The summed E-state index contributed by atoms with van der Waals surface area (Å²) in [5.74, 6) is 1.73. The lowest BCUT2D eigenvalue weighted by Gasteiger charge is -2.28. The van der Waals surface area contributed by atoms with Crippen molar-refractivity contribution in [1.82, 2.24) is 9.97 Å². The molecule has 0 atom stereocenters. The summed E-state index contributed by atoms with van der Waals surface area (Å²) >= 11 is 0. The number of amides is 2. The second kappa shape index (κ2) is 9.13. The summed E-state index contributed by atoms with van der Waals surface area (Å²) in [6, 6.07) is 11.7. The van der Waals surface area contributed by atoms with Gasteiger partial charge in [-0.15, -0.1) is 0 Å². The number of ether oxygens (including phenoxy) is 3. The molecule has 2 aliphatic heterocycles. The quantitative estimate of drug-likeness (QED) is 0.573. The normalized spacial score (nSPS) is 14.9. The van der Waals surface area contributed by atoms with Crippen LogP contribution in [0.2, 0.25) is 0 Å². The number of nitrogens with zero attached hydrogens (tertiary/aromatic N) is 3. The van der Waals surface area contributed by atoms with Crippen molar-refractivity contribution in [2.75, 3.05) is 41.8 Å². The first-order valence-corrected chi connectivity index (χ1v) is 10.5. The van der Waals surface area contributed by atoms with Crippen LogP contribution >= 0.6 is 0 Å². The molecule has 10 heteroatoms. The van der Waals surface area contributed by atoms with E-state index in [4.69, 9.17) is 14.2 Å². The summed E-state index contributed by atoms with van der Waals surface area (Å²) in [4.78, 5) is 34.6. The number of aromatic nitrogens is 2. The monoisotopic (exact) mass is 447 g/mol. The Morgan fingerprint density at radius 2 is 1.73 bits per heavy atom. The number of anilines is 3. The first kappa shape index (κ1) is 20.7. The number of fused-ring (bicyclic) bond motifs is 1. The van der Waals surface area contributed by atoms with Gasteiger partial charge in [0, 0.05) is 49.0 Å². The maximum Gasteiger partial charge on any atom is 0.323 e. The molecule has 168 valence electrons. The zero-order valence-corrected chi connectivity index (χ0v) is 17.6. The lowest BCUT2D eigenvalue weighted by Crippen LogP contribution is -2.36. The van der Waals surface area contributed by atoms with Crippen LogP contribution in [-0.4, -0.2) is 48.3 Å². The number of carbonyl (C=O) groups excluding carboxylic acids is 2. The van der Waals surface area contributed by atoms with E-state index in [2.05, 4.69) is 25.5 Å². The van der Waals surface area contributed by atoms with Crippen molar-refractivity contribution in [2.24, 2.45) is 0 Å². The third-order valence-electron chi connectivity index (χ3n) is 5.15. The number of hydrogen-bond donors (Lipinski definition) is 2. The molecule has 3 aromatic rings. The first-order chi connectivity index (χ1) is 16.1. The molecule has 4 heterocycles. The largest absolute Gasteiger partial charge is 0.453 e. The van der Waals surface area contributed by atoms with E-state index >= 15 is 0 Å². The molecule has 0 radical (unpaired) electrons. The first-order valence-electron chi connectivity index (χ1n) is 10.5. The molecule has 0 saturated carbocycles. The van der Waals surface area contributed by atoms with Crippen molar-refractivity contribution in [1.29, 1.82) is 0 Å². The Labute approximate surface area is 189 Å². The maximum absolute atomic E-state index is 12.4. The third kappa shape index (κ3) is 4.85. The predicted octanol–water partition coefficient (Wildman–Crippen LogP) is 3.21. The molecule has 0 aliphatic carbocycles. The minimum Gasteiger partial charge on any atom is -0.453 e. The number of esters is 1. The molecule has 2 amide bonds. The summed E-state index contributed by atoms with van der Waals surface area (Å²) in [6.45, 7) is 2.85. The van der Waals surface area contributed by atoms with Gasteiger partial charge in [-0.1, -0.05) is 0 Å². The lowest BCUT2D eigenvalue weighted by atomic mass is 10.2. The van der Waals surface area contributed by atoms with Gasteiger partial charge in [-0.3, -0.25) is 9.78 Å². The number of urea groups is 1. The van der Waals surface area contributed by atoms with Crippen molar-refractivity contribution in [2.45, 2.75) is 6.42 Å². The SMILES string of the molecule is O=C(Nc1ccc(Oc2ccnc3c2OC(=O)C3)cc1)Nc1ccnc(N2CCOCC2)c1. The van der Waals surface area contributed by atoms with Crippen molar-refractivity contribution in [3.8, 4) is 17.2 Å². The van der Waals surface area contributed by atoms with E-state index in [-0.39, 0.29) is 18.4 Å². The van der Waals surface area contributed by atoms with Crippen LogP contribution in [-0.2, 0) is 16.0 Å². The number of carbonyl (C=O) groups is 2. The van der Waals surface area contributed by atoms with E-state index in [0.717, 1.165) is 18.9 Å². The van der Waals surface area contributed by atoms with E-state index in [1.165, 1.54) is 0 Å². The molecule has 2 aromatic heterocycles. The number of nitrogens with one attached hydrogen (secondary N) is 2. The minimum absolute atomic E-state index is 0.135. The topological polar surface area (TPSA) is 115 Å². The van der Waals surface area contributed by atoms with Crippen LogP contribution in [0.25, 0.3) is 0 Å². The van der Waals surface area contributed by atoms with Crippen LogP contribution in [0.15, 0.2) is 54.9 Å². The van der Waals surface area contributed by atoms with E-state index in [0.29, 0.717) is 47.5 Å². The Morgan fingerprint density at radius 1 is 0.970 bits per heavy atom. The van der Waals surface area contributed by atoms with Gasteiger partial charge in [0.2, 0.25) is 0 Å². The molecule has 33 heavy (non-hydrogen) atoms. The van der Waals surface area contributed by atoms with E-state index in [9.17, 15) is 9.59 Å². The fourth-order valence-corrected chi connectivity index (χ4v) is 3.56. The maximum atomic E-state index is 12.4. The van der Waals surface area contributed by atoms with Gasteiger partial charge < -0.3 is 29.7 Å². The number of benzene rings is 1. The van der Waals surface area contributed by atoms with Crippen LogP contribution in [0.1, 0.15) is 5.69 Å². The van der Waals surface area contributed by atoms with Crippen molar-refractivity contribution in [3.05, 3.63) is 60.6 Å². The highest BCUT2D eigenvalue weighted by Crippen LogP contribution is 2.37. The van der Waals surface area contributed by atoms with Crippen LogP contribution in [0.4, 0.5) is 22.0 Å². The molecular formula is C23H21N5O5. The minimum atomic E-state index is -0.373. The van der Waals surface area contributed by atoms with Crippen molar-refractivity contribution < 1.29 is 23.8 Å². The molecule has 2 aliphatic rings. The molecule has 1 saturated heterocycles. The van der Waals surface area contributed by atoms with Crippen molar-refractivity contribution in [3.63, 3.8) is 0 Å². The van der Waals surface area contributed by atoms with Crippen LogP contribution in [0.3, 0.4) is 0 Å². The number of pyridine rings is 2. The molecule has 0 spiro atoms. The lowest BCUT2D eigenvalue weighted by molar-refractivity contribution is -0.131.